The molecule has 7 heteroatoms. The summed E-state index contributed by atoms with van der Waals surface area (Å²) in [6, 6.07) is 15.1. The van der Waals surface area contributed by atoms with E-state index in [4.69, 9.17) is 33.4 Å². The van der Waals surface area contributed by atoms with Crippen molar-refractivity contribution in [3.8, 4) is 0 Å². The third kappa shape index (κ3) is 5.83. The van der Waals surface area contributed by atoms with Crippen molar-refractivity contribution in [2.75, 3.05) is 7.05 Å². The average Bonchev–Trinajstić information content (AvgIpc) is 2.68. The number of hydrogen-bond acceptors (Lipinski definition) is 3. The number of fused-ring (bicyclic) bond motifs is 1. The Labute approximate surface area is 173 Å². The van der Waals surface area contributed by atoms with Crippen molar-refractivity contribution in [3.63, 3.8) is 0 Å². The van der Waals surface area contributed by atoms with Crippen LogP contribution in [0, 0.1) is 0 Å². The van der Waals surface area contributed by atoms with Crippen molar-refractivity contribution in [2.24, 2.45) is 0 Å². The molecule has 0 unspecified atom stereocenters. The van der Waals surface area contributed by atoms with E-state index in [-0.39, 0.29) is 0 Å². The lowest BCUT2D eigenvalue weighted by Crippen LogP contribution is -2.24. The van der Waals surface area contributed by atoms with Crippen molar-refractivity contribution in [3.05, 3.63) is 81.4 Å². The van der Waals surface area contributed by atoms with E-state index < -0.39 is 11.9 Å². The molecule has 0 spiro atoms. The first-order chi connectivity index (χ1) is 13.3. The SMILES string of the molecule is CN[C@H]1CC[C@@H](c2ccc(Cl)c(Cl)c2)c2ccccc21.O=C(O)/C=C\C(=O)O. The van der Waals surface area contributed by atoms with E-state index in [1.54, 1.807) is 0 Å². The number of carbonyl (C=O) groups is 2. The molecule has 0 heterocycles. The second-order valence-corrected chi connectivity index (χ2v) is 7.10. The topological polar surface area (TPSA) is 86.6 Å². The van der Waals surface area contributed by atoms with Gasteiger partial charge >= 0.3 is 11.9 Å². The molecule has 28 heavy (non-hydrogen) atoms. The van der Waals surface area contributed by atoms with Crippen LogP contribution in [0.2, 0.25) is 10.0 Å². The second-order valence-electron chi connectivity index (χ2n) is 6.28. The third-order valence-corrected chi connectivity index (χ3v) is 5.29. The largest absolute Gasteiger partial charge is 0.478 e. The van der Waals surface area contributed by atoms with Gasteiger partial charge in [0.05, 0.1) is 10.0 Å². The predicted octanol–water partition coefficient (Wildman–Crippen LogP) is 4.89. The van der Waals surface area contributed by atoms with Crippen LogP contribution in [0.25, 0.3) is 0 Å². The summed E-state index contributed by atoms with van der Waals surface area (Å²) in [6.45, 7) is 0. The standard InChI is InChI=1S/C17H17Cl2N.C4H4O4/c1-20-17-9-7-12(13-4-2-3-5-14(13)17)11-6-8-15(18)16(19)10-11;5-3(6)1-2-4(7)8/h2-6,8,10,12,17,20H,7,9H2,1H3;1-2H,(H,5,6)(H,7,8)/b;2-1-/t12-,17-;/m0./s1. The monoisotopic (exact) mass is 421 g/mol. The Morgan fingerprint density at radius 2 is 1.57 bits per heavy atom. The highest BCUT2D eigenvalue weighted by Gasteiger charge is 2.27. The van der Waals surface area contributed by atoms with Crippen LogP contribution in [-0.4, -0.2) is 29.2 Å². The Balaban J connectivity index is 0.000000300. The molecule has 2 aromatic rings. The van der Waals surface area contributed by atoms with Crippen molar-refractivity contribution < 1.29 is 19.8 Å². The summed E-state index contributed by atoms with van der Waals surface area (Å²) in [5, 5.41) is 20.3. The Morgan fingerprint density at radius 3 is 2.11 bits per heavy atom. The average molecular weight is 422 g/mol. The molecular weight excluding hydrogens is 401 g/mol. The van der Waals surface area contributed by atoms with Crippen LogP contribution in [0.5, 0.6) is 0 Å². The Hall–Kier alpha value is -2.34. The molecule has 2 aromatic carbocycles. The predicted molar refractivity (Wildman–Crippen MR) is 110 cm³/mol. The molecule has 1 aliphatic rings. The van der Waals surface area contributed by atoms with Crippen molar-refractivity contribution in [2.45, 2.75) is 24.8 Å². The van der Waals surface area contributed by atoms with Gasteiger partial charge < -0.3 is 15.5 Å². The van der Waals surface area contributed by atoms with Crippen LogP contribution in [0.1, 0.15) is 41.5 Å². The second kappa shape index (κ2) is 10.3. The van der Waals surface area contributed by atoms with E-state index >= 15 is 0 Å². The summed E-state index contributed by atoms with van der Waals surface area (Å²) in [7, 11) is 2.03. The van der Waals surface area contributed by atoms with Crippen LogP contribution in [-0.2, 0) is 9.59 Å². The van der Waals surface area contributed by atoms with Crippen molar-refractivity contribution in [1.29, 1.82) is 0 Å². The molecule has 0 saturated heterocycles. The normalized spacial score (nSPS) is 18.1. The van der Waals surface area contributed by atoms with Gasteiger partial charge in [0.2, 0.25) is 0 Å². The van der Waals surface area contributed by atoms with E-state index in [2.05, 4.69) is 35.6 Å². The Morgan fingerprint density at radius 1 is 0.964 bits per heavy atom. The van der Waals surface area contributed by atoms with E-state index in [0.29, 0.717) is 34.2 Å². The molecule has 2 atom stereocenters. The van der Waals surface area contributed by atoms with Crippen LogP contribution in [0.4, 0.5) is 0 Å². The quantitative estimate of drug-likeness (QED) is 0.611. The third-order valence-electron chi connectivity index (χ3n) is 4.55. The van der Waals surface area contributed by atoms with Crippen LogP contribution in [0.3, 0.4) is 0 Å². The molecule has 0 bridgehead atoms. The lowest BCUT2D eigenvalue weighted by atomic mass is 9.77. The van der Waals surface area contributed by atoms with Gasteiger partial charge in [-0.15, -0.1) is 0 Å². The Kier molecular flexibility index (Phi) is 8.05. The first-order valence-electron chi connectivity index (χ1n) is 8.68. The van der Waals surface area contributed by atoms with Crippen molar-refractivity contribution >= 4 is 35.1 Å². The number of carboxylic acid groups (broad SMARTS) is 2. The van der Waals surface area contributed by atoms with Gasteiger partial charge in [-0.2, -0.15) is 0 Å². The van der Waals surface area contributed by atoms with Gasteiger partial charge in [-0.25, -0.2) is 9.59 Å². The molecule has 0 amide bonds. The molecule has 1 aliphatic carbocycles. The zero-order valence-electron chi connectivity index (χ0n) is 15.2. The number of carboxylic acids is 2. The number of nitrogens with one attached hydrogen (secondary N) is 1. The van der Waals surface area contributed by atoms with Gasteiger partial charge in [0.15, 0.2) is 0 Å². The van der Waals surface area contributed by atoms with Gasteiger partial charge in [-0.3, -0.25) is 0 Å². The van der Waals surface area contributed by atoms with Crippen molar-refractivity contribution in [1.82, 2.24) is 5.32 Å². The van der Waals surface area contributed by atoms with Crippen LogP contribution in [0.15, 0.2) is 54.6 Å². The summed E-state index contributed by atoms with van der Waals surface area (Å²) < 4.78 is 0. The minimum absolute atomic E-state index is 0.408. The molecule has 0 radical (unpaired) electrons. The molecular formula is C21H21Cl2NO4. The van der Waals surface area contributed by atoms with E-state index in [1.165, 1.54) is 16.7 Å². The first kappa shape index (κ1) is 22.0. The van der Waals surface area contributed by atoms with Gasteiger partial charge in [0.1, 0.15) is 0 Å². The summed E-state index contributed by atoms with van der Waals surface area (Å²) in [6.07, 6.45) is 3.38. The molecule has 0 saturated carbocycles. The van der Waals surface area contributed by atoms with E-state index in [1.807, 2.05) is 19.2 Å². The molecule has 0 aliphatic heterocycles. The number of halogens is 2. The molecule has 3 rings (SSSR count). The highest BCUT2D eigenvalue weighted by molar-refractivity contribution is 6.42. The number of rotatable bonds is 4. The summed E-state index contributed by atoms with van der Waals surface area (Å²) >= 11 is 12.2. The number of hydrogen-bond donors (Lipinski definition) is 3. The van der Waals surface area contributed by atoms with Crippen LogP contribution < -0.4 is 5.32 Å². The molecule has 0 aromatic heterocycles. The summed E-state index contributed by atoms with van der Waals surface area (Å²) in [5.41, 5.74) is 4.05. The van der Waals surface area contributed by atoms with Gasteiger partial charge in [-0.1, -0.05) is 53.5 Å². The number of aliphatic carboxylic acids is 2. The zero-order valence-corrected chi connectivity index (χ0v) is 16.7. The maximum atomic E-state index is 9.55. The maximum absolute atomic E-state index is 9.55. The minimum atomic E-state index is -1.26. The smallest absolute Gasteiger partial charge is 0.328 e. The Bertz CT molecular complexity index is 866. The molecule has 3 N–H and O–H groups in total. The van der Waals surface area contributed by atoms with Gasteiger partial charge in [0, 0.05) is 24.1 Å². The fourth-order valence-electron chi connectivity index (χ4n) is 3.31. The number of benzene rings is 2. The highest BCUT2D eigenvalue weighted by atomic mass is 35.5. The minimum Gasteiger partial charge on any atom is -0.478 e. The van der Waals surface area contributed by atoms with Gasteiger partial charge in [-0.05, 0) is 48.7 Å². The molecule has 5 nitrogen and oxygen atoms in total. The lowest BCUT2D eigenvalue weighted by Gasteiger charge is -2.32. The maximum Gasteiger partial charge on any atom is 0.328 e. The molecule has 148 valence electrons. The first-order valence-corrected chi connectivity index (χ1v) is 9.44. The molecule has 0 fully saturated rings. The summed E-state index contributed by atoms with van der Waals surface area (Å²) in [4.78, 5) is 19.1. The fourth-order valence-corrected chi connectivity index (χ4v) is 3.61. The van der Waals surface area contributed by atoms with Crippen LogP contribution >= 0.6 is 23.2 Å². The van der Waals surface area contributed by atoms with Gasteiger partial charge in [0.25, 0.3) is 0 Å². The summed E-state index contributed by atoms with van der Waals surface area (Å²) in [5.74, 6) is -2.11. The fraction of sp³-hybridized carbons (Fsp3) is 0.238. The van der Waals surface area contributed by atoms with E-state index in [9.17, 15) is 9.59 Å². The zero-order chi connectivity index (χ0) is 20.7. The highest BCUT2D eigenvalue weighted by Crippen LogP contribution is 2.42. The van der Waals surface area contributed by atoms with E-state index in [0.717, 1.165) is 12.8 Å². The lowest BCUT2D eigenvalue weighted by molar-refractivity contribution is -0.134.